The number of imidazole rings is 1. The van der Waals surface area contributed by atoms with Crippen LogP contribution in [0.15, 0.2) is 29.6 Å². The van der Waals surface area contributed by atoms with Crippen molar-refractivity contribution in [2.24, 2.45) is 16.7 Å². The zero-order valence-corrected chi connectivity index (χ0v) is 24.2. The van der Waals surface area contributed by atoms with E-state index in [-0.39, 0.29) is 33.9 Å². The number of pyridine rings is 1. The minimum atomic E-state index is -4.16. The van der Waals surface area contributed by atoms with Crippen LogP contribution < -0.4 is 9.47 Å². The minimum Gasteiger partial charge on any atom is -0.609 e. The van der Waals surface area contributed by atoms with Gasteiger partial charge in [-0.3, -0.25) is 9.78 Å². The number of methoxy groups -OCH3 is 2. The maximum absolute atomic E-state index is 14.2. The second-order valence-electron chi connectivity index (χ2n) is 11.0. The van der Waals surface area contributed by atoms with Crippen molar-refractivity contribution in [1.29, 1.82) is 0 Å². The summed E-state index contributed by atoms with van der Waals surface area (Å²) in [6.45, 7) is 7.70. The Kier molecular flexibility index (Phi) is 6.55. The highest BCUT2D eigenvalue weighted by molar-refractivity contribution is 7.93. The molecule has 9 nitrogen and oxygen atoms in total. The third kappa shape index (κ3) is 3.93. The molecule has 0 aliphatic heterocycles. The van der Waals surface area contributed by atoms with Gasteiger partial charge in [-0.25, -0.2) is 8.42 Å². The standard InChI is InChI=1S/C27H33N3O6S2/c1-16-13-28-21(17(2)24(16)36-6)14-37(32)25-29-20-8-7-19(35-5)12-22(20)30(25)38(33,34)15-27-10-9-18(11-23(27)31)26(27,3)4/h7-8,12-13,18H,9-11,14-15H2,1-6H3/t18?,27-,37?/m0/s1. The molecule has 2 bridgehead atoms. The van der Waals surface area contributed by atoms with Crippen LogP contribution in [0.4, 0.5) is 0 Å². The van der Waals surface area contributed by atoms with Gasteiger partial charge in [0.15, 0.2) is 5.75 Å². The first-order chi connectivity index (χ1) is 17.9. The summed E-state index contributed by atoms with van der Waals surface area (Å²) < 4.78 is 54.2. The molecule has 11 heteroatoms. The van der Waals surface area contributed by atoms with Gasteiger partial charge in [0.05, 0.1) is 42.1 Å². The molecule has 2 aliphatic rings. The number of aryl methyl sites for hydroxylation is 1. The van der Waals surface area contributed by atoms with Crippen molar-refractivity contribution in [2.75, 3.05) is 20.0 Å². The lowest BCUT2D eigenvalue weighted by Gasteiger charge is -2.36. The van der Waals surface area contributed by atoms with Gasteiger partial charge >= 0.3 is 5.16 Å². The van der Waals surface area contributed by atoms with Crippen molar-refractivity contribution >= 4 is 38.0 Å². The van der Waals surface area contributed by atoms with E-state index in [4.69, 9.17) is 9.47 Å². The highest BCUT2D eigenvalue weighted by Crippen LogP contribution is 2.64. The Labute approximate surface area is 226 Å². The highest BCUT2D eigenvalue weighted by atomic mass is 32.2. The van der Waals surface area contributed by atoms with Crippen molar-refractivity contribution in [3.05, 3.63) is 41.2 Å². The SMILES string of the molecule is COc1ccc2nc([S+]([O-])Cc3ncc(C)c(OC)c3C)n(S(=O)(=O)C[C@@]34CCC(CC3=O)C4(C)C)c2c1. The summed E-state index contributed by atoms with van der Waals surface area (Å²) >= 11 is -1.87. The Morgan fingerprint density at radius 2 is 1.95 bits per heavy atom. The summed E-state index contributed by atoms with van der Waals surface area (Å²) in [5.74, 6) is 0.863. The molecule has 204 valence electrons. The van der Waals surface area contributed by atoms with E-state index in [2.05, 4.69) is 9.97 Å². The summed E-state index contributed by atoms with van der Waals surface area (Å²) in [6, 6.07) is 4.91. The summed E-state index contributed by atoms with van der Waals surface area (Å²) in [6.07, 6.45) is 3.40. The van der Waals surface area contributed by atoms with Gasteiger partial charge in [0.2, 0.25) is 10.0 Å². The van der Waals surface area contributed by atoms with Gasteiger partial charge in [0.1, 0.15) is 17.3 Å². The van der Waals surface area contributed by atoms with E-state index in [1.54, 1.807) is 31.5 Å². The molecule has 3 atom stereocenters. The topological polar surface area (TPSA) is 123 Å². The number of nitrogens with zero attached hydrogens (tertiary/aromatic N) is 3. The third-order valence-electron chi connectivity index (χ3n) is 8.86. The lowest BCUT2D eigenvalue weighted by Crippen LogP contribution is -2.43. The lowest BCUT2D eigenvalue weighted by molar-refractivity contribution is -0.128. The molecule has 2 heterocycles. The van der Waals surface area contributed by atoms with Crippen LogP contribution in [0.5, 0.6) is 11.5 Å². The van der Waals surface area contributed by atoms with Crippen LogP contribution in [0.25, 0.3) is 11.0 Å². The monoisotopic (exact) mass is 559 g/mol. The minimum absolute atomic E-state index is 0.00132. The van der Waals surface area contributed by atoms with E-state index in [1.165, 1.54) is 7.11 Å². The van der Waals surface area contributed by atoms with Gasteiger partial charge in [0.25, 0.3) is 0 Å². The van der Waals surface area contributed by atoms with Crippen molar-refractivity contribution in [3.63, 3.8) is 0 Å². The number of carbonyl (C=O) groups excluding carboxylic acids is 1. The number of ketones is 1. The number of fused-ring (bicyclic) bond motifs is 3. The van der Waals surface area contributed by atoms with Crippen LogP contribution in [0.3, 0.4) is 0 Å². The van der Waals surface area contributed by atoms with E-state index in [0.29, 0.717) is 35.6 Å². The largest absolute Gasteiger partial charge is 0.609 e. The molecule has 3 aromatic rings. The van der Waals surface area contributed by atoms with E-state index in [1.807, 2.05) is 27.7 Å². The quantitative estimate of drug-likeness (QED) is 0.380. The van der Waals surface area contributed by atoms with Crippen molar-refractivity contribution < 1.29 is 27.2 Å². The van der Waals surface area contributed by atoms with Crippen LogP contribution in [0, 0.1) is 30.6 Å². The molecule has 2 saturated carbocycles. The van der Waals surface area contributed by atoms with Gasteiger partial charge in [-0.15, -0.1) is 0 Å². The van der Waals surface area contributed by atoms with Crippen LogP contribution in [0.2, 0.25) is 0 Å². The second-order valence-corrected chi connectivity index (χ2v) is 14.1. The molecule has 2 aromatic heterocycles. The number of benzene rings is 1. The molecule has 0 radical (unpaired) electrons. The first kappa shape index (κ1) is 27.0. The predicted molar refractivity (Wildman–Crippen MR) is 144 cm³/mol. The van der Waals surface area contributed by atoms with E-state index in [0.717, 1.165) is 21.5 Å². The summed E-state index contributed by atoms with van der Waals surface area (Å²) in [4.78, 5) is 22.1. The predicted octanol–water partition coefficient (Wildman–Crippen LogP) is 3.95. The van der Waals surface area contributed by atoms with Crippen molar-refractivity contribution in [3.8, 4) is 11.5 Å². The van der Waals surface area contributed by atoms with E-state index in [9.17, 15) is 17.8 Å². The molecule has 2 unspecified atom stereocenters. The Bertz CT molecular complexity index is 1550. The molecule has 1 aromatic carbocycles. The molecule has 2 aliphatic carbocycles. The molecule has 5 rings (SSSR count). The van der Waals surface area contributed by atoms with Crippen LogP contribution in [0.1, 0.15) is 49.9 Å². The van der Waals surface area contributed by atoms with E-state index >= 15 is 0 Å². The molecule has 0 saturated heterocycles. The Morgan fingerprint density at radius 3 is 2.55 bits per heavy atom. The highest BCUT2D eigenvalue weighted by Gasteiger charge is 2.65. The number of rotatable bonds is 8. The van der Waals surface area contributed by atoms with Gasteiger partial charge in [-0.2, -0.15) is 8.96 Å². The average Bonchev–Trinajstić information content (AvgIpc) is 3.42. The van der Waals surface area contributed by atoms with Crippen molar-refractivity contribution in [1.82, 2.24) is 13.9 Å². The van der Waals surface area contributed by atoms with Crippen LogP contribution in [-0.4, -0.2) is 52.7 Å². The Balaban J connectivity index is 1.63. The number of aromatic nitrogens is 3. The fraction of sp³-hybridized carbons (Fsp3) is 0.519. The summed E-state index contributed by atoms with van der Waals surface area (Å²) in [5.41, 5.74) is 1.35. The summed E-state index contributed by atoms with van der Waals surface area (Å²) in [5, 5.41) is -0.0943. The van der Waals surface area contributed by atoms with Gasteiger partial charge in [-0.05, 0) is 50.2 Å². The van der Waals surface area contributed by atoms with Gasteiger partial charge in [-0.1, -0.05) is 13.8 Å². The molecule has 2 fully saturated rings. The van der Waals surface area contributed by atoms with Crippen molar-refractivity contribution in [2.45, 2.75) is 57.9 Å². The molecule has 0 N–H and O–H groups in total. The summed E-state index contributed by atoms with van der Waals surface area (Å²) in [7, 11) is -1.10. The maximum Gasteiger partial charge on any atom is 0.338 e. The average molecular weight is 560 g/mol. The fourth-order valence-corrected chi connectivity index (χ4v) is 10.3. The Hall–Kier alpha value is -2.63. The molecular formula is C27H33N3O6S2. The second kappa shape index (κ2) is 9.24. The molecule has 38 heavy (non-hydrogen) atoms. The van der Waals surface area contributed by atoms with Gasteiger partial charge < -0.3 is 14.0 Å². The van der Waals surface area contributed by atoms with Crippen LogP contribution in [-0.2, 0) is 31.7 Å². The smallest absolute Gasteiger partial charge is 0.338 e. The number of hydrogen-bond donors (Lipinski definition) is 0. The number of Topliss-reactive ketones (excluding diaryl/α,β-unsaturated/α-hetero) is 1. The third-order valence-corrected chi connectivity index (χ3v) is 12.0. The first-order valence-electron chi connectivity index (χ1n) is 12.6. The number of ether oxygens (including phenoxy) is 2. The fourth-order valence-electron chi connectivity index (χ4n) is 6.44. The van der Waals surface area contributed by atoms with Crippen LogP contribution >= 0.6 is 0 Å². The number of hydrogen-bond acceptors (Lipinski definition) is 8. The molecule has 0 amide bonds. The lowest BCUT2D eigenvalue weighted by atomic mass is 9.70. The molecule has 0 spiro atoms. The molecular weight excluding hydrogens is 526 g/mol. The van der Waals surface area contributed by atoms with E-state index < -0.39 is 32.0 Å². The number of carbonyl (C=O) groups is 1. The normalized spacial score (nSPS) is 23.2. The zero-order valence-electron chi connectivity index (χ0n) is 22.5. The zero-order chi connectivity index (χ0) is 27.6. The maximum atomic E-state index is 14.2. The first-order valence-corrected chi connectivity index (χ1v) is 15.5. The Morgan fingerprint density at radius 1 is 1.21 bits per heavy atom. The van der Waals surface area contributed by atoms with Gasteiger partial charge in [0, 0.05) is 41.0 Å².